The van der Waals surface area contributed by atoms with Gasteiger partial charge in [-0.2, -0.15) is 0 Å². The van der Waals surface area contributed by atoms with Gasteiger partial charge in [0, 0.05) is 15.7 Å². The average Bonchev–Trinajstić information content (AvgIpc) is 2.38. The Hall–Kier alpha value is -1.61. The minimum absolute atomic E-state index is 0.0764. The normalized spacial score (nSPS) is 10.3. The Kier molecular flexibility index (Phi) is 4.05. The van der Waals surface area contributed by atoms with E-state index >= 15 is 0 Å². The molecule has 0 heterocycles. The number of carbonyl (C=O) groups excluding carboxylic acids is 1. The maximum absolute atomic E-state index is 12.3. The van der Waals surface area contributed by atoms with Crippen molar-refractivity contribution in [3.8, 4) is 0 Å². The van der Waals surface area contributed by atoms with Gasteiger partial charge in [0.15, 0.2) is 0 Å². The van der Waals surface area contributed by atoms with Crippen LogP contribution in [0.5, 0.6) is 0 Å². The molecule has 1 N–H and O–H groups in total. The van der Waals surface area contributed by atoms with Gasteiger partial charge in [0.2, 0.25) is 0 Å². The third kappa shape index (κ3) is 3.04. The van der Waals surface area contributed by atoms with Gasteiger partial charge in [-0.3, -0.25) is 4.79 Å². The number of benzene rings is 2. The number of hydrogen-bond acceptors (Lipinski definition) is 1. The molecular formula is C16H16BrNO. The Balaban J connectivity index is 2.31. The van der Waals surface area contributed by atoms with Crippen molar-refractivity contribution in [3.05, 3.63) is 63.1 Å². The molecule has 2 rings (SSSR count). The molecule has 0 aromatic heterocycles. The summed E-state index contributed by atoms with van der Waals surface area (Å²) in [5.41, 5.74) is 4.79. The van der Waals surface area contributed by atoms with Crippen molar-refractivity contribution in [2.75, 3.05) is 5.32 Å². The average molecular weight is 318 g/mol. The summed E-state index contributed by atoms with van der Waals surface area (Å²) in [6.45, 7) is 5.98. The molecule has 0 saturated heterocycles. The SMILES string of the molecule is Cc1ccc(Br)cc1C(=O)Nc1cccc(C)c1C. The lowest BCUT2D eigenvalue weighted by Gasteiger charge is -2.12. The minimum Gasteiger partial charge on any atom is -0.322 e. The van der Waals surface area contributed by atoms with Crippen molar-refractivity contribution >= 4 is 27.5 Å². The molecule has 0 aliphatic heterocycles. The molecule has 2 aromatic rings. The topological polar surface area (TPSA) is 29.1 Å². The number of halogens is 1. The molecular weight excluding hydrogens is 302 g/mol. The Morgan fingerprint density at radius 1 is 1.05 bits per heavy atom. The van der Waals surface area contributed by atoms with Crippen LogP contribution < -0.4 is 5.32 Å². The van der Waals surface area contributed by atoms with E-state index in [1.807, 2.05) is 57.2 Å². The highest BCUT2D eigenvalue weighted by Crippen LogP contribution is 2.21. The molecule has 19 heavy (non-hydrogen) atoms. The highest BCUT2D eigenvalue weighted by atomic mass is 79.9. The summed E-state index contributed by atoms with van der Waals surface area (Å²) in [4.78, 5) is 12.3. The quantitative estimate of drug-likeness (QED) is 0.859. The van der Waals surface area contributed by atoms with Gasteiger partial charge in [-0.15, -0.1) is 0 Å². The molecule has 0 spiro atoms. The van der Waals surface area contributed by atoms with E-state index in [0.717, 1.165) is 21.3 Å². The first-order valence-corrected chi connectivity index (χ1v) is 6.92. The zero-order chi connectivity index (χ0) is 14.0. The van der Waals surface area contributed by atoms with Crippen molar-refractivity contribution in [2.45, 2.75) is 20.8 Å². The van der Waals surface area contributed by atoms with Gasteiger partial charge in [-0.25, -0.2) is 0 Å². The minimum atomic E-state index is -0.0764. The summed E-state index contributed by atoms with van der Waals surface area (Å²) in [5.74, 6) is -0.0764. The highest BCUT2D eigenvalue weighted by Gasteiger charge is 2.11. The maximum atomic E-state index is 12.3. The number of anilines is 1. The van der Waals surface area contributed by atoms with E-state index in [1.165, 1.54) is 5.56 Å². The molecule has 0 unspecified atom stereocenters. The second-order valence-electron chi connectivity index (χ2n) is 4.66. The molecule has 0 atom stereocenters. The highest BCUT2D eigenvalue weighted by molar-refractivity contribution is 9.10. The smallest absolute Gasteiger partial charge is 0.255 e. The molecule has 0 fully saturated rings. The summed E-state index contributed by atoms with van der Waals surface area (Å²) >= 11 is 3.40. The standard InChI is InChI=1S/C16H16BrNO/c1-10-5-4-6-15(12(10)3)18-16(19)14-9-13(17)8-7-11(14)2/h4-9H,1-3H3,(H,18,19). The van der Waals surface area contributed by atoms with Crippen LogP contribution in [0.2, 0.25) is 0 Å². The van der Waals surface area contributed by atoms with E-state index in [1.54, 1.807) is 0 Å². The van der Waals surface area contributed by atoms with E-state index in [4.69, 9.17) is 0 Å². The molecule has 2 nitrogen and oxygen atoms in total. The van der Waals surface area contributed by atoms with Crippen molar-refractivity contribution in [1.29, 1.82) is 0 Å². The Bertz CT molecular complexity index is 635. The monoisotopic (exact) mass is 317 g/mol. The van der Waals surface area contributed by atoms with Crippen LogP contribution in [0.1, 0.15) is 27.0 Å². The van der Waals surface area contributed by atoms with E-state index in [0.29, 0.717) is 5.56 Å². The fraction of sp³-hybridized carbons (Fsp3) is 0.188. The van der Waals surface area contributed by atoms with E-state index < -0.39 is 0 Å². The van der Waals surface area contributed by atoms with Crippen LogP contribution in [0.4, 0.5) is 5.69 Å². The lowest BCUT2D eigenvalue weighted by atomic mass is 10.1. The van der Waals surface area contributed by atoms with Crippen LogP contribution >= 0.6 is 15.9 Å². The molecule has 0 saturated carbocycles. The van der Waals surface area contributed by atoms with Crippen molar-refractivity contribution in [1.82, 2.24) is 0 Å². The van der Waals surface area contributed by atoms with Gasteiger partial charge < -0.3 is 5.32 Å². The molecule has 0 aliphatic carbocycles. The van der Waals surface area contributed by atoms with Crippen LogP contribution in [0, 0.1) is 20.8 Å². The summed E-state index contributed by atoms with van der Waals surface area (Å²) in [5, 5.41) is 2.98. The molecule has 98 valence electrons. The third-order valence-corrected chi connectivity index (χ3v) is 3.79. The van der Waals surface area contributed by atoms with Crippen molar-refractivity contribution in [3.63, 3.8) is 0 Å². The zero-order valence-corrected chi connectivity index (χ0v) is 12.8. The largest absolute Gasteiger partial charge is 0.322 e. The van der Waals surface area contributed by atoms with Crippen LogP contribution in [0.15, 0.2) is 40.9 Å². The Morgan fingerprint density at radius 2 is 1.79 bits per heavy atom. The van der Waals surface area contributed by atoms with Gasteiger partial charge in [0.05, 0.1) is 0 Å². The van der Waals surface area contributed by atoms with Gasteiger partial charge in [-0.05, 0) is 55.7 Å². The number of rotatable bonds is 2. The van der Waals surface area contributed by atoms with Gasteiger partial charge in [0.25, 0.3) is 5.91 Å². The van der Waals surface area contributed by atoms with E-state index in [9.17, 15) is 4.79 Å². The molecule has 1 amide bonds. The zero-order valence-electron chi connectivity index (χ0n) is 11.3. The number of aryl methyl sites for hydroxylation is 2. The molecule has 2 aromatic carbocycles. The summed E-state index contributed by atoms with van der Waals surface area (Å²) in [6.07, 6.45) is 0. The lowest BCUT2D eigenvalue weighted by molar-refractivity contribution is 0.102. The fourth-order valence-electron chi connectivity index (χ4n) is 1.92. The first-order chi connectivity index (χ1) is 8.99. The fourth-order valence-corrected chi connectivity index (χ4v) is 2.28. The molecule has 0 radical (unpaired) electrons. The number of nitrogens with one attached hydrogen (secondary N) is 1. The Morgan fingerprint density at radius 3 is 2.53 bits per heavy atom. The third-order valence-electron chi connectivity index (χ3n) is 3.30. The molecule has 3 heteroatoms. The first-order valence-electron chi connectivity index (χ1n) is 6.13. The molecule has 0 aliphatic rings. The van der Waals surface area contributed by atoms with Crippen LogP contribution in [-0.2, 0) is 0 Å². The predicted octanol–water partition coefficient (Wildman–Crippen LogP) is 4.63. The van der Waals surface area contributed by atoms with E-state index in [2.05, 4.69) is 21.2 Å². The van der Waals surface area contributed by atoms with Crippen LogP contribution in [-0.4, -0.2) is 5.91 Å². The maximum Gasteiger partial charge on any atom is 0.255 e. The second kappa shape index (κ2) is 5.57. The van der Waals surface area contributed by atoms with E-state index in [-0.39, 0.29) is 5.91 Å². The van der Waals surface area contributed by atoms with Gasteiger partial charge in [0.1, 0.15) is 0 Å². The van der Waals surface area contributed by atoms with Gasteiger partial charge in [-0.1, -0.05) is 34.1 Å². The van der Waals surface area contributed by atoms with Crippen LogP contribution in [0.3, 0.4) is 0 Å². The summed E-state index contributed by atoms with van der Waals surface area (Å²) in [6, 6.07) is 11.6. The number of carbonyl (C=O) groups is 1. The molecule has 0 bridgehead atoms. The van der Waals surface area contributed by atoms with Crippen LogP contribution in [0.25, 0.3) is 0 Å². The number of hydrogen-bond donors (Lipinski definition) is 1. The van der Waals surface area contributed by atoms with Crippen molar-refractivity contribution in [2.24, 2.45) is 0 Å². The Labute approximate surface area is 122 Å². The number of amides is 1. The lowest BCUT2D eigenvalue weighted by Crippen LogP contribution is -2.14. The van der Waals surface area contributed by atoms with Gasteiger partial charge >= 0.3 is 0 Å². The first kappa shape index (κ1) is 13.8. The summed E-state index contributed by atoms with van der Waals surface area (Å²) in [7, 11) is 0. The van der Waals surface area contributed by atoms with Crippen molar-refractivity contribution < 1.29 is 4.79 Å². The second-order valence-corrected chi connectivity index (χ2v) is 5.58. The summed E-state index contributed by atoms with van der Waals surface area (Å²) < 4.78 is 0.907. The predicted molar refractivity (Wildman–Crippen MR) is 82.7 cm³/mol.